The number of hydrogen-bond donors (Lipinski definition) is 1. The summed E-state index contributed by atoms with van der Waals surface area (Å²) in [6.45, 7) is 4.58. The van der Waals surface area contributed by atoms with E-state index in [1.165, 1.54) is 43.2 Å². The minimum atomic E-state index is 0.542. The predicted molar refractivity (Wildman–Crippen MR) is 78.7 cm³/mol. The van der Waals surface area contributed by atoms with Crippen LogP contribution in [0.2, 0.25) is 0 Å². The molecule has 1 aliphatic rings. The van der Waals surface area contributed by atoms with Gasteiger partial charge in [0, 0.05) is 6.04 Å². The normalized spacial score (nSPS) is 25.9. The third-order valence-corrected chi connectivity index (χ3v) is 4.71. The fourth-order valence-corrected chi connectivity index (χ4v) is 3.59. The van der Waals surface area contributed by atoms with Gasteiger partial charge < -0.3 is 5.32 Å². The Morgan fingerprint density at radius 3 is 2.72 bits per heavy atom. The van der Waals surface area contributed by atoms with Crippen LogP contribution in [0.25, 0.3) is 0 Å². The fourth-order valence-electron chi connectivity index (χ4n) is 3.59. The summed E-state index contributed by atoms with van der Waals surface area (Å²) >= 11 is 0. The molecular weight excluding hydrogens is 218 g/mol. The molecule has 0 saturated heterocycles. The van der Waals surface area contributed by atoms with Crippen LogP contribution in [0.4, 0.5) is 0 Å². The van der Waals surface area contributed by atoms with Gasteiger partial charge in [-0.25, -0.2) is 0 Å². The quantitative estimate of drug-likeness (QED) is 0.825. The lowest BCUT2D eigenvalue weighted by molar-refractivity contribution is 0.214. The van der Waals surface area contributed by atoms with Crippen LogP contribution in [0.5, 0.6) is 0 Å². The van der Waals surface area contributed by atoms with Gasteiger partial charge in [-0.1, -0.05) is 50.5 Å². The maximum absolute atomic E-state index is 3.57. The average Bonchev–Trinajstić information content (AvgIpc) is 2.42. The Balaban J connectivity index is 2.15. The van der Waals surface area contributed by atoms with Crippen molar-refractivity contribution < 1.29 is 0 Å². The molecule has 1 fully saturated rings. The molecule has 2 rings (SSSR count). The molecule has 1 nitrogen and oxygen atoms in total. The highest BCUT2D eigenvalue weighted by atomic mass is 14.9. The van der Waals surface area contributed by atoms with Crippen molar-refractivity contribution in [1.82, 2.24) is 5.32 Å². The van der Waals surface area contributed by atoms with Gasteiger partial charge >= 0.3 is 0 Å². The Labute approximate surface area is 112 Å². The Hall–Kier alpha value is -0.820. The molecule has 1 aromatic rings. The van der Waals surface area contributed by atoms with Crippen LogP contribution < -0.4 is 5.32 Å². The Morgan fingerprint density at radius 1 is 1.28 bits per heavy atom. The number of aryl methyl sites for hydroxylation is 1. The van der Waals surface area contributed by atoms with Crippen LogP contribution in [0.3, 0.4) is 0 Å². The molecule has 1 N–H and O–H groups in total. The zero-order valence-electron chi connectivity index (χ0n) is 12.1. The van der Waals surface area contributed by atoms with Crippen LogP contribution in [0.15, 0.2) is 24.3 Å². The molecule has 1 saturated carbocycles. The van der Waals surface area contributed by atoms with Crippen molar-refractivity contribution in [3.63, 3.8) is 0 Å². The van der Waals surface area contributed by atoms with Crippen molar-refractivity contribution >= 4 is 0 Å². The molecule has 0 aliphatic heterocycles. The molecule has 0 aromatic heterocycles. The first-order valence-electron chi connectivity index (χ1n) is 7.49. The van der Waals surface area contributed by atoms with E-state index in [1.54, 1.807) is 0 Å². The van der Waals surface area contributed by atoms with Crippen molar-refractivity contribution in [2.24, 2.45) is 11.8 Å². The van der Waals surface area contributed by atoms with Gasteiger partial charge in [-0.05, 0) is 49.8 Å². The van der Waals surface area contributed by atoms with Crippen molar-refractivity contribution in [2.75, 3.05) is 7.05 Å². The van der Waals surface area contributed by atoms with Gasteiger partial charge in [0.15, 0.2) is 0 Å². The second kappa shape index (κ2) is 6.38. The van der Waals surface area contributed by atoms with Gasteiger partial charge in [-0.15, -0.1) is 0 Å². The second-order valence-corrected chi connectivity index (χ2v) is 5.82. The maximum Gasteiger partial charge on any atom is 0.0348 e. The Morgan fingerprint density at radius 2 is 2.06 bits per heavy atom. The highest BCUT2D eigenvalue weighted by Crippen LogP contribution is 2.38. The highest BCUT2D eigenvalue weighted by molar-refractivity contribution is 5.29. The molecular formula is C17H27N. The second-order valence-electron chi connectivity index (χ2n) is 5.82. The van der Waals surface area contributed by atoms with Crippen LogP contribution >= 0.6 is 0 Å². The third-order valence-electron chi connectivity index (χ3n) is 4.71. The summed E-state index contributed by atoms with van der Waals surface area (Å²) in [6, 6.07) is 9.39. The summed E-state index contributed by atoms with van der Waals surface area (Å²) < 4.78 is 0. The molecule has 0 bridgehead atoms. The van der Waals surface area contributed by atoms with E-state index in [-0.39, 0.29) is 0 Å². The minimum absolute atomic E-state index is 0.542. The largest absolute Gasteiger partial charge is 0.313 e. The first-order valence-corrected chi connectivity index (χ1v) is 7.49. The van der Waals surface area contributed by atoms with Crippen LogP contribution in [-0.4, -0.2) is 7.05 Å². The lowest BCUT2D eigenvalue weighted by atomic mass is 9.74. The first-order chi connectivity index (χ1) is 8.76. The lowest BCUT2D eigenvalue weighted by Gasteiger charge is -2.35. The van der Waals surface area contributed by atoms with E-state index in [4.69, 9.17) is 0 Å². The number of hydrogen-bond acceptors (Lipinski definition) is 1. The van der Waals surface area contributed by atoms with Crippen molar-refractivity contribution in [1.29, 1.82) is 0 Å². The Kier molecular flexibility index (Phi) is 4.82. The van der Waals surface area contributed by atoms with E-state index >= 15 is 0 Å². The summed E-state index contributed by atoms with van der Waals surface area (Å²) in [5.41, 5.74) is 2.93. The van der Waals surface area contributed by atoms with E-state index < -0.39 is 0 Å². The number of rotatable bonds is 4. The molecule has 0 radical (unpaired) electrons. The summed E-state index contributed by atoms with van der Waals surface area (Å²) in [7, 11) is 2.12. The standard InChI is InChI=1S/C17H27N/c1-4-14-9-7-10-15(12-14)17(18-3)16-11-6-5-8-13(16)2/h5-6,8,11,14-15,17-18H,4,7,9-10,12H2,1-3H3. The molecule has 3 atom stereocenters. The highest BCUT2D eigenvalue weighted by Gasteiger charge is 2.28. The SMILES string of the molecule is CCC1CCCC(C(NC)c2ccccc2C)C1. The molecule has 0 spiro atoms. The first kappa shape index (κ1) is 13.6. The van der Waals surface area contributed by atoms with E-state index in [0.29, 0.717) is 6.04 Å². The van der Waals surface area contributed by atoms with E-state index in [1.807, 2.05) is 0 Å². The van der Waals surface area contributed by atoms with E-state index in [0.717, 1.165) is 11.8 Å². The van der Waals surface area contributed by atoms with Crippen LogP contribution in [0, 0.1) is 18.8 Å². The summed E-state index contributed by atoms with van der Waals surface area (Å²) in [5.74, 6) is 1.76. The topological polar surface area (TPSA) is 12.0 Å². The van der Waals surface area contributed by atoms with Gasteiger partial charge in [0.2, 0.25) is 0 Å². The van der Waals surface area contributed by atoms with Crippen LogP contribution in [-0.2, 0) is 0 Å². The van der Waals surface area contributed by atoms with E-state index in [9.17, 15) is 0 Å². The summed E-state index contributed by atoms with van der Waals surface area (Å²) in [5, 5.41) is 3.57. The van der Waals surface area contributed by atoms with Gasteiger partial charge in [0.05, 0.1) is 0 Å². The van der Waals surface area contributed by atoms with Gasteiger partial charge in [0.25, 0.3) is 0 Å². The zero-order valence-corrected chi connectivity index (χ0v) is 12.1. The monoisotopic (exact) mass is 245 g/mol. The molecule has 1 aliphatic carbocycles. The predicted octanol–water partition coefficient (Wildman–Crippen LogP) is 4.47. The molecule has 100 valence electrons. The van der Waals surface area contributed by atoms with E-state index in [2.05, 4.69) is 50.5 Å². The molecule has 18 heavy (non-hydrogen) atoms. The molecule has 0 heterocycles. The van der Waals surface area contributed by atoms with Crippen molar-refractivity contribution in [2.45, 2.75) is 52.0 Å². The summed E-state index contributed by atoms with van der Waals surface area (Å²) in [6.07, 6.45) is 6.98. The molecule has 1 aromatic carbocycles. The maximum atomic E-state index is 3.57. The smallest absolute Gasteiger partial charge is 0.0348 e. The average molecular weight is 245 g/mol. The van der Waals surface area contributed by atoms with Gasteiger partial charge in [-0.2, -0.15) is 0 Å². The fraction of sp³-hybridized carbons (Fsp3) is 0.647. The van der Waals surface area contributed by atoms with Crippen LogP contribution in [0.1, 0.15) is 56.2 Å². The van der Waals surface area contributed by atoms with Crippen molar-refractivity contribution in [3.8, 4) is 0 Å². The van der Waals surface area contributed by atoms with Gasteiger partial charge in [0.1, 0.15) is 0 Å². The Bertz CT molecular complexity index is 372. The summed E-state index contributed by atoms with van der Waals surface area (Å²) in [4.78, 5) is 0. The molecule has 3 unspecified atom stereocenters. The zero-order chi connectivity index (χ0) is 13.0. The van der Waals surface area contributed by atoms with Gasteiger partial charge in [-0.3, -0.25) is 0 Å². The number of nitrogens with one attached hydrogen (secondary N) is 1. The van der Waals surface area contributed by atoms with Crippen molar-refractivity contribution in [3.05, 3.63) is 35.4 Å². The third kappa shape index (κ3) is 2.95. The molecule has 0 amide bonds. The molecule has 1 heteroatoms. The minimum Gasteiger partial charge on any atom is -0.313 e. The lowest BCUT2D eigenvalue weighted by Crippen LogP contribution is -2.30. The number of benzene rings is 1.